The molecule has 0 bridgehead atoms. The second-order valence-corrected chi connectivity index (χ2v) is 6.15. The molecule has 1 aromatic rings. The third kappa shape index (κ3) is 5.64. The summed E-state index contributed by atoms with van der Waals surface area (Å²) in [6.07, 6.45) is 5.29. The molecule has 0 aromatic heterocycles. The van der Waals surface area contributed by atoms with Crippen molar-refractivity contribution in [2.24, 2.45) is 10.4 Å². The zero-order chi connectivity index (χ0) is 15.8. The summed E-state index contributed by atoms with van der Waals surface area (Å²) >= 11 is 0. The number of hydrogen-bond donors (Lipinski definition) is 2. The molecule has 1 aliphatic rings. The molecule has 2 N–H and O–H groups in total. The molecule has 1 unspecified atom stereocenters. The van der Waals surface area contributed by atoms with Gasteiger partial charge in [-0.1, -0.05) is 43.7 Å². The van der Waals surface area contributed by atoms with Crippen LogP contribution in [-0.4, -0.2) is 33.2 Å². The molecule has 0 heterocycles. The van der Waals surface area contributed by atoms with Gasteiger partial charge in [-0.25, -0.2) is 0 Å². The number of benzene rings is 1. The minimum atomic E-state index is 0. The van der Waals surface area contributed by atoms with Gasteiger partial charge in [-0.05, 0) is 30.2 Å². The van der Waals surface area contributed by atoms with Gasteiger partial charge in [0.15, 0.2) is 5.96 Å². The molecule has 5 heteroatoms. The lowest BCUT2D eigenvalue weighted by atomic mass is 9.67. The summed E-state index contributed by atoms with van der Waals surface area (Å²) in [5, 5.41) is 6.86. The van der Waals surface area contributed by atoms with E-state index in [4.69, 9.17) is 4.74 Å². The van der Waals surface area contributed by atoms with E-state index < -0.39 is 0 Å². The van der Waals surface area contributed by atoms with Gasteiger partial charge in [0, 0.05) is 27.2 Å². The summed E-state index contributed by atoms with van der Waals surface area (Å²) in [6, 6.07) is 10.3. The lowest BCUT2D eigenvalue weighted by Crippen LogP contribution is -2.47. The summed E-state index contributed by atoms with van der Waals surface area (Å²) < 4.78 is 5.58. The van der Waals surface area contributed by atoms with E-state index in [2.05, 4.69) is 34.7 Å². The van der Waals surface area contributed by atoms with Crippen LogP contribution in [0.3, 0.4) is 0 Å². The highest BCUT2D eigenvalue weighted by molar-refractivity contribution is 14.0. The first-order valence-electron chi connectivity index (χ1n) is 8.25. The first-order valence-corrected chi connectivity index (χ1v) is 8.25. The fourth-order valence-corrected chi connectivity index (χ4v) is 3.02. The van der Waals surface area contributed by atoms with Gasteiger partial charge in [-0.15, -0.1) is 24.0 Å². The molecule has 0 aliphatic heterocycles. The van der Waals surface area contributed by atoms with E-state index in [0.29, 0.717) is 12.0 Å². The Balaban J connectivity index is 0.00000264. The summed E-state index contributed by atoms with van der Waals surface area (Å²) in [4.78, 5) is 4.32. The van der Waals surface area contributed by atoms with E-state index in [1.54, 1.807) is 7.11 Å². The van der Waals surface area contributed by atoms with Gasteiger partial charge in [-0.2, -0.15) is 0 Å². The van der Waals surface area contributed by atoms with Crippen LogP contribution in [0.25, 0.3) is 0 Å². The predicted molar refractivity (Wildman–Crippen MR) is 108 cm³/mol. The van der Waals surface area contributed by atoms with E-state index in [0.717, 1.165) is 12.5 Å². The Morgan fingerprint density at radius 1 is 1.26 bits per heavy atom. The second-order valence-electron chi connectivity index (χ2n) is 6.15. The monoisotopic (exact) mass is 431 g/mol. The number of nitrogens with zero attached hydrogens (tertiary/aromatic N) is 1. The molecule has 1 saturated carbocycles. The number of guanidine groups is 1. The van der Waals surface area contributed by atoms with Crippen molar-refractivity contribution in [3.63, 3.8) is 0 Å². The average Bonchev–Trinajstić information content (AvgIpc) is 2.53. The smallest absolute Gasteiger partial charge is 0.191 e. The number of methoxy groups -OCH3 is 1. The third-order valence-electron chi connectivity index (χ3n) is 4.93. The Hall–Kier alpha value is -0.820. The summed E-state index contributed by atoms with van der Waals surface area (Å²) in [5.41, 5.74) is 1.66. The maximum Gasteiger partial charge on any atom is 0.191 e. The molecular formula is C18H30IN3O. The normalized spacial score (nSPS) is 17.6. The fraction of sp³-hybridized carbons (Fsp3) is 0.611. The molecule has 4 nitrogen and oxygen atoms in total. The summed E-state index contributed by atoms with van der Waals surface area (Å²) in [5.74, 6) is 0.859. The minimum Gasteiger partial charge on any atom is -0.375 e. The van der Waals surface area contributed by atoms with Gasteiger partial charge in [-0.3, -0.25) is 4.99 Å². The molecule has 2 rings (SSSR count). The van der Waals surface area contributed by atoms with Crippen LogP contribution in [0.4, 0.5) is 0 Å². The van der Waals surface area contributed by atoms with Crippen molar-refractivity contribution in [2.45, 2.75) is 38.7 Å². The molecule has 0 amide bonds. The molecule has 1 aliphatic carbocycles. The van der Waals surface area contributed by atoms with Crippen LogP contribution in [0.5, 0.6) is 0 Å². The van der Waals surface area contributed by atoms with Crippen molar-refractivity contribution in [3.05, 3.63) is 35.9 Å². The van der Waals surface area contributed by atoms with Crippen molar-refractivity contribution in [2.75, 3.05) is 27.2 Å². The largest absolute Gasteiger partial charge is 0.375 e. The molecule has 1 fully saturated rings. The predicted octanol–water partition coefficient (Wildman–Crippen LogP) is 3.74. The highest BCUT2D eigenvalue weighted by Gasteiger charge is 2.34. The highest BCUT2D eigenvalue weighted by Crippen LogP contribution is 2.42. The number of aliphatic imine (C=N–C) groups is 1. The van der Waals surface area contributed by atoms with Crippen LogP contribution in [0.1, 0.15) is 44.3 Å². The van der Waals surface area contributed by atoms with Gasteiger partial charge in [0.25, 0.3) is 0 Å². The lowest BCUT2D eigenvalue weighted by molar-refractivity contribution is 0.106. The van der Waals surface area contributed by atoms with Crippen molar-refractivity contribution >= 4 is 29.9 Å². The van der Waals surface area contributed by atoms with Gasteiger partial charge < -0.3 is 15.4 Å². The van der Waals surface area contributed by atoms with Crippen LogP contribution in [0.2, 0.25) is 0 Å². The molecule has 0 radical (unpaired) electrons. The van der Waals surface area contributed by atoms with Gasteiger partial charge in [0.1, 0.15) is 0 Å². The van der Waals surface area contributed by atoms with Gasteiger partial charge >= 0.3 is 0 Å². The zero-order valence-electron chi connectivity index (χ0n) is 14.5. The van der Waals surface area contributed by atoms with E-state index in [9.17, 15) is 0 Å². The molecule has 1 aromatic carbocycles. The van der Waals surface area contributed by atoms with E-state index >= 15 is 0 Å². The number of ether oxygens (including phenoxy) is 1. The maximum absolute atomic E-state index is 5.58. The topological polar surface area (TPSA) is 45.7 Å². The Labute approximate surface area is 157 Å². The van der Waals surface area contributed by atoms with Crippen molar-refractivity contribution in [1.82, 2.24) is 10.6 Å². The van der Waals surface area contributed by atoms with E-state index in [1.807, 2.05) is 25.2 Å². The Morgan fingerprint density at radius 2 is 1.96 bits per heavy atom. The fourth-order valence-electron chi connectivity index (χ4n) is 3.02. The van der Waals surface area contributed by atoms with E-state index in [1.165, 1.54) is 31.2 Å². The zero-order valence-corrected chi connectivity index (χ0v) is 16.8. The van der Waals surface area contributed by atoms with Crippen LogP contribution < -0.4 is 10.6 Å². The van der Waals surface area contributed by atoms with Crippen molar-refractivity contribution in [1.29, 1.82) is 0 Å². The van der Waals surface area contributed by atoms with Crippen LogP contribution in [-0.2, 0) is 4.74 Å². The highest BCUT2D eigenvalue weighted by atomic mass is 127. The molecule has 0 spiro atoms. The number of rotatable bonds is 7. The first kappa shape index (κ1) is 20.2. The molecule has 0 saturated heterocycles. The first-order chi connectivity index (χ1) is 10.7. The average molecular weight is 431 g/mol. The van der Waals surface area contributed by atoms with Crippen LogP contribution in [0.15, 0.2) is 35.3 Å². The van der Waals surface area contributed by atoms with Gasteiger partial charge in [0.2, 0.25) is 0 Å². The van der Waals surface area contributed by atoms with Gasteiger partial charge in [0.05, 0.1) is 6.10 Å². The SMILES string of the molecule is CCC1(CNC(=NC)NCC(OC)c2ccccc2)CCC1.I. The number of nitrogens with one attached hydrogen (secondary N) is 2. The Morgan fingerprint density at radius 3 is 2.43 bits per heavy atom. The standard InChI is InChI=1S/C18H29N3O.HI/c1-4-18(11-8-12-18)14-21-17(19-2)20-13-16(22-3)15-9-6-5-7-10-15;/h5-7,9-10,16H,4,8,11-14H2,1-3H3,(H2,19,20,21);1H. The molecule has 130 valence electrons. The number of halogens is 1. The van der Waals surface area contributed by atoms with Crippen molar-refractivity contribution < 1.29 is 4.74 Å². The van der Waals surface area contributed by atoms with E-state index in [-0.39, 0.29) is 30.1 Å². The van der Waals surface area contributed by atoms with Crippen LogP contribution >= 0.6 is 24.0 Å². The third-order valence-corrected chi connectivity index (χ3v) is 4.93. The maximum atomic E-state index is 5.58. The molecule has 1 atom stereocenters. The number of hydrogen-bond acceptors (Lipinski definition) is 2. The Bertz CT molecular complexity index is 469. The summed E-state index contributed by atoms with van der Waals surface area (Å²) in [6.45, 7) is 4.00. The second kappa shape index (κ2) is 10.1. The van der Waals surface area contributed by atoms with Crippen molar-refractivity contribution in [3.8, 4) is 0 Å². The molecular weight excluding hydrogens is 401 g/mol. The minimum absolute atomic E-state index is 0. The quantitative estimate of drug-likeness (QED) is 0.393. The summed E-state index contributed by atoms with van der Waals surface area (Å²) in [7, 11) is 3.56. The van der Waals surface area contributed by atoms with Crippen LogP contribution in [0, 0.1) is 5.41 Å². The Kier molecular flexibility index (Phi) is 8.91. The lowest BCUT2D eigenvalue weighted by Gasteiger charge is -2.41. The molecule has 23 heavy (non-hydrogen) atoms.